The molecule has 3 rings (SSSR count). The van der Waals surface area contributed by atoms with Gasteiger partial charge < -0.3 is 19.7 Å². The molecule has 5 nitrogen and oxygen atoms in total. The Labute approximate surface area is 193 Å². The zero-order valence-electron chi connectivity index (χ0n) is 17.6. The van der Waals surface area contributed by atoms with Gasteiger partial charge in [0.1, 0.15) is 0 Å². The van der Waals surface area contributed by atoms with E-state index in [2.05, 4.69) is 28.9 Å². The number of nitrogens with zero attached hydrogens (tertiary/aromatic N) is 2. The third-order valence-electron chi connectivity index (χ3n) is 6.05. The third-order valence-corrected chi connectivity index (χ3v) is 7.59. The Bertz CT molecular complexity index is 449. The summed E-state index contributed by atoms with van der Waals surface area (Å²) < 4.78 is 11.8. The molecule has 0 radical (unpaired) electrons. The zero-order valence-corrected chi connectivity index (χ0v) is 20.8. The molecule has 1 spiro atoms. The van der Waals surface area contributed by atoms with Crippen molar-refractivity contribution in [1.82, 2.24) is 10.2 Å². The summed E-state index contributed by atoms with van der Waals surface area (Å²) in [5, 5.41) is 3.53. The summed E-state index contributed by atoms with van der Waals surface area (Å²) in [6.07, 6.45) is 10.3. The van der Waals surface area contributed by atoms with E-state index in [-0.39, 0.29) is 24.0 Å². The van der Waals surface area contributed by atoms with Gasteiger partial charge in [0.05, 0.1) is 0 Å². The highest BCUT2D eigenvalue weighted by Gasteiger charge is 2.38. The lowest BCUT2D eigenvalue weighted by Crippen LogP contribution is -2.53. The van der Waals surface area contributed by atoms with Crippen LogP contribution in [0.4, 0.5) is 0 Å². The number of rotatable bonds is 7. The predicted molar refractivity (Wildman–Crippen MR) is 130 cm³/mol. The van der Waals surface area contributed by atoms with Crippen molar-refractivity contribution < 1.29 is 9.47 Å². The molecule has 0 aromatic heterocycles. The number of nitrogens with one attached hydrogen (secondary N) is 1. The molecule has 0 amide bonds. The molecule has 0 bridgehead atoms. The van der Waals surface area contributed by atoms with Crippen LogP contribution < -0.4 is 5.32 Å². The molecule has 1 saturated carbocycles. The van der Waals surface area contributed by atoms with Gasteiger partial charge in [0.2, 0.25) is 0 Å². The van der Waals surface area contributed by atoms with E-state index in [0.717, 1.165) is 71.3 Å². The van der Waals surface area contributed by atoms with Gasteiger partial charge in [-0.1, -0.05) is 19.3 Å². The van der Waals surface area contributed by atoms with Crippen molar-refractivity contribution in [2.24, 2.45) is 10.9 Å². The first-order valence-corrected chi connectivity index (χ1v) is 12.1. The molecule has 0 aromatic rings. The lowest BCUT2D eigenvalue weighted by molar-refractivity contribution is 0.0205. The van der Waals surface area contributed by atoms with Crippen LogP contribution in [0.2, 0.25) is 0 Å². The van der Waals surface area contributed by atoms with Crippen LogP contribution in [-0.4, -0.2) is 74.0 Å². The fraction of sp³-hybridized carbons (Fsp3) is 0.952. The Kier molecular flexibility index (Phi) is 11.9. The second-order valence-corrected chi connectivity index (χ2v) is 9.80. The minimum Gasteiger partial charge on any atom is -0.381 e. The van der Waals surface area contributed by atoms with Crippen molar-refractivity contribution in [2.45, 2.75) is 63.0 Å². The Hall–Kier alpha value is 0.270. The fourth-order valence-electron chi connectivity index (χ4n) is 4.46. The molecule has 7 heteroatoms. The van der Waals surface area contributed by atoms with Crippen LogP contribution in [0.1, 0.15) is 58.3 Å². The largest absolute Gasteiger partial charge is 0.381 e. The zero-order chi connectivity index (χ0) is 18.8. The van der Waals surface area contributed by atoms with Gasteiger partial charge in [-0.2, -0.15) is 11.8 Å². The van der Waals surface area contributed by atoms with E-state index < -0.39 is 0 Å². The molecule has 28 heavy (non-hydrogen) atoms. The van der Waals surface area contributed by atoms with Gasteiger partial charge in [-0.3, -0.25) is 4.99 Å². The maximum absolute atomic E-state index is 5.89. The van der Waals surface area contributed by atoms with Gasteiger partial charge in [0.25, 0.3) is 0 Å². The number of ether oxygens (including phenoxy) is 2. The number of thioether (sulfide) groups is 1. The van der Waals surface area contributed by atoms with Gasteiger partial charge >= 0.3 is 0 Å². The third kappa shape index (κ3) is 7.84. The normalized spacial score (nSPS) is 23.5. The summed E-state index contributed by atoms with van der Waals surface area (Å²) >= 11 is 2.22. The van der Waals surface area contributed by atoms with Crippen molar-refractivity contribution >= 4 is 41.7 Å². The molecule has 3 aliphatic rings. The van der Waals surface area contributed by atoms with Crippen LogP contribution >= 0.6 is 35.7 Å². The van der Waals surface area contributed by atoms with Gasteiger partial charge in [-0.15, -0.1) is 24.0 Å². The lowest BCUT2D eigenvalue weighted by atomic mass is 9.87. The monoisotopic (exact) mass is 525 g/mol. The van der Waals surface area contributed by atoms with Crippen LogP contribution in [-0.2, 0) is 9.47 Å². The van der Waals surface area contributed by atoms with Crippen LogP contribution in [0.5, 0.6) is 0 Å². The molecule has 2 heterocycles. The predicted octanol–water partition coefficient (Wildman–Crippen LogP) is 4.15. The first kappa shape index (κ1) is 24.5. The van der Waals surface area contributed by atoms with E-state index in [9.17, 15) is 0 Å². The van der Waals surface area contributed by atoms with Gasteiger partial charge in [-0.05, 0) is 44.9 Å². The topological polar surface area (TPSA) is 46.1 Å². The quantitative estimate of drug-likeness (QED) is 0.234. The van der Waals surface area contributed by atoms with Crippen molar-refractivity contribution in [3.8, 4) is 0 Å². The highest BCUT2D eigenvalue weighted by atomic mass is 127. The van der Waals surface area contributed by atoms with E-state index in [1.165, 1.54) is 44.4 Å². The average Bonchev–Trinajstić information content (AvgIpc) is 2.71. The molecule has 1 aliphatic carbocycles. The SMILES string of the molecule is CCNC(=NCCCOCC1CCOCC1)N1CCSC2(CCCCC2)C1.I. The van der Waals surface area contributed by atoms with Crippen molar-refractivity contribution in [3.05, 3.63) is 0 Å². The molecule has 2 aliphatic heterocycles. The summed E-state index contributed by atoms with van der Waals surface area (Å²) in [5.41, 5.74) is 0. The highest BCUT2D eigenvalue weighted by Crippen LogP contribution is 2.42. The highest BCUT2D eigenvalue weighted by molar-refractivity contribution is 14.0. The Morgan fingerprint density at radius 3 is 2.79 bits per heavy atom. The molecule has 164 valence electrons. The van der Waals surface area contributed by atoms with Crippen LogP contribution in [0.25, 0.3) is 0 Å². The molecule has 0 atom stereocenters. The Morgan fingerprint density at radius 1 is 1.25 bits per heavy atom. The second-order valence-electron chi connectivity index (χ2n) is 8.23. The Morgan fingerprint density at radius 2 is 2.04 bits per heavy atom. The first-order chi connectivity index (χ1) is 13.3. The van der Waals surface area contributed by atoms with E-state index in [1.807, 2.05) is 0 Å². The number of halogens is 1. The number of aliphatic imine (C=N–C) groups is 1. The number of hydrogen-bond acceptors (Lipinski definition) is 4. The minimum absolute atomic E-state index is 0. The van der Waals surface area contributed by atoms with E-state index >= 15 is 0 Å². The standard InChI is InChI=1S/C21H39N3O2S.HI/c1-2-22-20(23-11-6-13-26-17-19-7-14-25-15-8-19)24-12-16-27-21(18-24)9-4-3-5-10-21;/h19H,2-18H2,1H3,(H,22,23);1H. The maximum Gasteiger partial charge on any atom is 0.193 e. The van der Waals surface area contributed by atoms with Crippen LogP contribution in [0.3, 0.4) is 0 Å². The molecular weight excluding hydrogens is 485 g/mol. The molecule has 1 N–H and O–H groups in total. The number of hydrogen-bond donors (Lipinski definition) is 1. The minimum atomic E-state index is 0. The summed E-state index contributed by atoms with van der Waals surface area (Å²) in [6.45, 7) is 9.77. The molecule has 0 unspecified atom stereocenters. The van der Waals surface area contributed by atoms with Crippen molar-refractivity contribution in [1.29, 1.82) is 0 Å². The average molecular weight is 526 g/mol. The smallest absolute Gasteiger partial charge is 0.193 e. The van der Waals surface area contributed by atoms with E-state index in [4.69, 9.17) is 14.5 Å². The molecule has 0 aromatic carbocycles. The van der Waals surface area contributed by atoms with Crippen molar-refractivity contribution in [2.75, 3.05) is 58.4 Å². The first-order valence-electron chi connectivity index (χ1n) is 11.1. The maximum atomic E-state index is 5.89. The molecule has 3 fully saturated rings. The van der Waals surface area contributed by atoms with E-state index in [0.29, 0.717) is 10.7 Å². The number of guanidine groups is 1. The lowest BCUT2D eigenvalue weighted by Gasteiger charge is -2.45. The van der Waals surface area contributed by atoms with Gasteiger partial charge in [0, 0.05) is 63.1 Å². The molecule has 2 saturated heterocycles. The Balaban J connectivity index is 0.00000280. The van der Waals surface area contributed by atoms with E-state index in [1.54, 1.807) is 0 Å². The van der Waals surface area contributed by atoms with Gasteiger partial charge in [-0.25, -0.2) is 0 Å². The summed E-state index contributed by atoms with van der Waals surface area (Å²) in [4.78, 5) is 7.44. The van der Waals surface area contributed by atoms with Crippen LogP contribution in [0.15, 0.2) is 4.99 Å². The van der Waals surface area contributed by atoms with Crippen molar-refractivity contribution in [3.63, 3.8) is 0 Å². The summed E-state index contributed by atoms with van der Waals surface area (Å²) in [5.74, 6) is 3.04. The second kappa shape index (κ2) is 13.5. The molecular formula is C21H40IN3O2S. The summed E-state index contributed by atoms with van der Waals surface area (Å²) in [7, 11) is 0. The summed E-state index contributed by atoms with van der Waals surface area (Å²) in [6, 6.07) is 0. The van der Waals surface area contributed by atoms with Gasteiger partial charge in [0.15, 0.2) is 5.96 Å². The fourth-order valence-corrected chi connectivity index (χ4v) is 6.03. The van der Waals surface area contributed by atoms with Crippen LogP contribution in [0, 0.1) is 5.92 Å².